The molecule has 0 unspecified atom stereocenters. The summed E-state index contributed by atoms with van der Waals surface area (Å²) in [5.74, 6) is 0.370. The second-order valence-corrected chi connectivity index (χ2v) is 9.78. The molecule has 2 N–H and O–H groups in total. The lowest BCUT2D eigenvalue weighted by atomic mass is 9.84. The highest BCUT2D eigenvalue weighted by Crippen LogP contribution is 2.26. The molecule has 1 saturated heterocycles. The lowest BCUT2D eigenvalue weighted by molar-refractivity contribution is -0.134. The molecule has 1 fully saturated rings. The van der Waals surface area contributed by atoms with Crippen molar-refractivity contribution in [3.8, 4) is 0 Å². The summed E-state index contributed by atoms with van der Waals surface area (Å²) in [6, 6.07) is 0.475. The molecule has 164 valence electrons. The maximum Gasteiger partial charge on any atom is 0.223 e. The Hall–Kier alpha value is -1.69. The van der Waals surface area contributed by atoms with E-state index in [1.807, 2.05) is 18.7 Å². The summed E-state index contributed by atoms with van der Waals surface area (Å²) in [5.41, 5.74) is 1.73. The Labute approximate surface area is 175 Å². The van der Waals surface area contributed by atoms with Crippen LogP contribution in [0.5, 0.6) is 0 Å². The molecule has 0 aliphatic carbocycles. The normalized spacial score (nSPS) is 23.7. The summed E-state index contributed by atoms with van der Waals surface area (Å²) in [5, 5.41) is 6.98. The number of hydrogen-bond donors (Lipinski definition) is 2. The number of allylic oxidation sites excluding steroid dienone is 1. The Kier molecular flexibility index (Phi) is 8.44. The van der Waals surface area contributed by atoms with E-state index >= 15 is 0 Å². The fourth-order valence-electron chi connectivity index (χ4n) is 4.31. The van der Waals surface area contributed by atoms with Gasteiger partial charge in [-0.3, -0.25) is 14.4 Å². The van der Waals surface area contributed by atoms with Crippen LogP contribution >= 0.6 is 0 Å². The first kappa shape index (κ1) is 23.6. The molecule has 0 aromatic rings. The van der Waals surface area contributed by atoms with E-state index in [1.54, 1.807) is 0 Å². The van der Waals surface area contributed by atoms with Gasteiger partial charge in [-0.15, -0.1) is 0 Å². The van der Waals surface area contributed by atoms with Crippen molar-refractivity contribution in [3.05, 3.63) is 11.3 Å². The minimum Gasteiger partial charge on any atom is -0.385 e. The molecule has 0 spiro atoms. The molecule has 0 aromatic carbocycles. The molecule has 6 heteroatoms. The van der Waals surface area contributed by atoms with Crippen LogP contribution in [-0.4, -0.2) is 54.6 Å². The Morgan fingerprint density at radius 2 is 1.90 bits per heavy atom. The van der Waals surface area contributed by atoms with E-state index in [-0.39, 0.29) is 29.1 Å². The van der Waals surface area contributed by atoms with Crippen molar-refractivity contribution < 1.29 is 14.4 Å². The van der Waals surface area contributed by atoms with Crippen LogP contribution < -0.4 is 10.6 Å². The fourth-order valence-corrected chi connectivity index (χ4v) is 4.31. The van der Waals surface area contributed by atoms with Gasteiger partial charge in [0.25, 0.3) is 0 Å². The van der Waals surface area contributed by atoms with Crippen molar-refractivity contribution in [2.24, 2.45) is 11.3 Å². The van der Waals surface area contributed by atoms with Gasteiger partial charge in [-0.25, -0.2) is 0 Å². The predicted octanol–water partition coefficient (Wildman–Crippen LogP) is 2.82. The molecule has 2 rings (SSSR count). The average Bonchev–Trinajstić information content (AvgIpc) is 2.66. The van der Waals surface area contributed by atoms with Gasteiger partial charge in [-0.1, -0.05) is 27.7 Å². The zero-order valence-electron chi connectivity index (χ0n) is 18.8. The quantitative estimate of drug-likeness (QED) is 0.607. The summed E-state index contributed by atoms with van der Waals surface area (Å²) in [7, 11) is 0. The van der Waals surface area contributed by atoms with Gasteiger partial charge in [0.15, 0.2) is 0 Å². The molecule has 0 radical (unpaired) electrons. The lowest BCUT2D eigenvalue weighted by Gasteiger charge is -2.35. The highest BCUT2D eigenvalue weighted by molar-refractivity contribution is 5.84. The molecule has 0 saturated carbocycles. The van der Waals surface area contributed by atoms with Gasteiger partial charge in [0.2, 0.25) is 5.91 Å². The topological polar surface area (TPSA) is 78.5 Å². The van der Waals surface area contributed by atoms with Crippen molar-refractivity contribution >= 4 is 18.0 Å². The summed E-state index contributed by atoms with van der Waals surface area (Å²) < 4.78 is 0. The van der Waals surface area contributed by atoms with Crippen LogP contribution in [0.2, 0.25) is 0 Å². The van der Waals surface area contributed by atoms with Gasteiger partial charge in [-0.05, 0) is 31.6 Å². The molecular formula is C23H39N3O3. The third kappa shape index (κ3) is 6.95. The molecule has 0 aromatic heterocycles. The lowest BCUT2D eigenvalue weighted by Crippen LogP contribution is -2.46. The number of hydrogen-bond acceptors (Lipinski definition) is 5. The molecule has 2 atom stereocenters. The van der Waals surface area contributed by atoms with Crippen LogP contribution in [0.15, 0.2) is 11.3 Å². The third-order valence-electron chi connectivity index (χ3n) is 6.07. The molecule has 6 nitrogen and oxygen atoms in total. The number of nitrogens with one attached hydrogen (secondary N) is 2. The van der Waals surface area contributed by atoms with E-state index < -0.39 is 0 Å². The largest absolute Gasteiger partial charge is 0.385 e. The monoisotopic (exact) mass is 405 g/mol. The first-order valence-electron chi connectivity index (χ1n) is 11.1. The number of amides is 1. The number of piperidine rings is 1. The number of aldehydes is 1. The molecular weight excluding hydrogens is 366 g/mol. The second kappa shape index (κ2) is 10.4. The van der Waals surface area contributed by atoms with E-state index in [0.29, 0.717) is 25.3 Å². The minimum absolute atomic E-state index is 0.0288. The number of rotatable bonds is 8. The molecule has 29 heavy (non-hydrogen) atoms. The number of nitrogens with zero attached hydrogens (tertiary/aromatic N) is 1. The third-order valence-corrected chi connectivity index (χ3v) is 6.07. The maximum atomic E-state index is 12.4. The Morgan fingerprint density at radius 1 is 1.24 bits per heavy atom. The fraction of sp³-hybridized carbons (Fsp3) is 0.783. The molecule has 2 aliphatic heterocycles. The van der Waals surface area contributed by atoms with Crippen LogP contribution in [-0.2, 0) is 14.4 Å². The van der Waals surface area contributed by atoms with Gasteiger partial charge >= 0.3 is 0 Å². The molecule has 0 bridgehead atoms. The number of carbonyl (C=O) groups excluding carboxylic acids is 3. The van der Waals surface area contributed by atoms with Crippen LogP contribution in [0.3, 0.4) is 0 Å². The number of Topliss-reactive ketones (excluding diaryl/α,β-unsaturated/α-hetero) is 1. The Balaban J connectivity index is 1.79. The molecule has 2 heterocycles. The summed E-state index contributed by atoms with van der Waals surface area (Å²) in [6.07, 6.45) is 5.25. The second-order valence-electron chi connectivity index (χ2n) is 9.78. The zero-order valence-corrected chi connectivity index (χ0v) is 18.8. The van der Waals surface area contributed by atoms with Crippen molar-refractivity contribution in [2.45, 2.75) is 85.2 Å². The van der Waals surface area contributed by atoms with E-state index in [0.717, 1.165) is 56.5 Å². The standard InChI is InChI=1S/C23H39N3O3/c1-6-21(28)19-13-17(15-27)20(25-16(19)2)7-10-24-18-8-11-26(12-9-18)22(29)14-23(3,4)5/h15-16,18-19,24-25H,6-14H2,1-5H3/t16-,19-/m0/s1. The van der Waals surface area contributed by atoms with Gasteiger partial charge in [0.1, 0.15) is 12.1 Å². The highest BCUT2D eigenvalue weighted by atomic mass is 16.2. The first-order valence-corrected chi connectivity index (χ1v) is 11.1. The molecule has 2 aliphatic rings. The van der Waals surface area contributed by atoms with Crippen LogP contribution in [0, 0.1) is 11.3 Å². The summed E-state index contributed by atoms with van der Waals surface area (Å²) in [4.78, 5) is 38.0. The number of carbonyl (C=O) groups is 3. The van der Waals surface area contributed by atoms with Crippen molar-refractivity contribution in [1.29, 1.82) is 0 Å². The summed E-state index contributed by atoms with van der Waals surface area (Å²) >= 11 is 0. The van der Waals surface area contributed by atoms with E-state index in [9.17, 15) is 14.4 Å². The van der Waals surface area contributed by atoms with E-state index in [4.69, 9.17) is 0 Å². The zero-order chi connectivity index (χ0) is 21.6. The van der Waals surface area contributed by atoms with Crippen molar-refractivity contribution in [3.63, 3.8) is 0 Å². The van der Waals surface area contributed by atoms with Gasteiger partial charge < -0.3 is 15.5 Å². The van der Waals surface area contributed by atoms with Crippen LogP contribution in [0.4, 0.5) is 0 Å². The van der Waals surface area contributed by atoms with Gasteiger partial charge in [0.05, 0.1) is 0 Å². The van der Waals surface area contributed by atoms with Crippen molar-refractivity contribution in [1.82, 2.24) is 15.5 Å². The first-order chi connectivity index (χ1) is 13.6. The highest BCUT2D eigenvalue weighted by Gasteiger charge is 2.31. The SMILES string of the molecule is CCC(=O)[C@H]1CC(C=O)=C(CCNC2CCN(C(=O)CC(C)(C)C)CC2)N[C@H]1C. The molecule has 1 amide bonds. The minimum atomic E-state index is -0.105. The van der Waals surface area contributed by atoms with Crippen molar-refractivity contribution in [2.75, 3.05) is 19.6 Å². The number of likely N-dealkylation sites (tertiary alicyclic amines) is 1. The Morgan fingerprint density at radius 3 is 2.45 bits per heavy atom. The van der Waals surface area contributed by atoms with Crippen LogP contribution in [0.25, 0.3) is 0 Å². The van der Waals surface area contributed by atoms with E-state index in [1.165, 1.54) is 0 Å². The van der Waals surface area contributed by atoms with Crippen LogP contribution in [0.1, 0.15) is 73.1 Å². The maximum absolute atomic E-state index is 12.4. The number of ketones is 1. The smallest absolute Gasteiger partial charge is 0.223 e. The summed E-state index contributed by atoms with van der Waals surface area (Å²) in [6.45, 7) is 12.6. The predicted molar refractivity (Wildman–Crippen MR) is 115 cm³/mol. The van der Waals surface area contributed by atoms with E-state index in [2.05, 4.69) is 31.4 Å². The van der Waals surface area contributed by atoms with Gasteiger partial charge in [-0.2, -0.15) is 0 Å². The average molecular weight is 406 g/mol. The van der Waals surface area contributed by atoms with Gasteiger partial charge in [0, 0.05) is 68.2 Å². The Bertz CT molecular complexity index is 628.